The summed E-state index contributed by atoms with van der Waals surface area (Å²) in [5.41, 5.74) is 2.82. The number of benzene rings is 3. The van der Waals surface area contributed by atoms with E-state index in [0.717, 1.165) is 20.8 Å². The van der Waals surface area contributed by atoms with Gasteiger partial charge in [0.05, 0.1) is 20.8 Å². The molecule has 0 spiro atoms. The molecule has 0 fully saturated rings. The third kappa shape index (κ3) is 4.27. The first-order chi connectivity index (χ1) is 14.9. The molecule has 0 aliphatic rings. The zero-order chi connectivity index (χ0) is 22.0. The number of nitrogens with one attached hydrogen (secondary N) is 2. The molecule has 7 nitrogen and oxygen atoms in total. The van der Waals surface area contributed by atoms with E-state index in [1.807, 2.05) is 48.5 Å². The summed E-state index contributed by atoms with van der Waals surface area (Å²) in [6.07, 6.45) is 0. The van der Waals surface area contributed by atoms with E-state index in [4.69, 9.17) is 12.2 Å². The molecule has 0 radical (unpaired) electrons. The van der Waals surface area contributed by atoms with Gasteiger partial charge in [-0.3, -0.25) is 20.2 Å². The van der Waals surface area contributed by atoms with Crippen molar-refractivity contribution in [3.8, 4) is 10.6 Å². The van der Waals surface area contributed by atoms with Crippen molar-refractivity contribution in [2.75, 3.05) is 5.32 Å². The van der Waals surface area contributed by atoms with E-state index in [-0.39, 0.29) is 21.9 Å². The smallest absolute Gasteiger partial charge is 0.273 e. The third-order valence-electron chi connectivity index (χ3n) is 4.67. The molecule has 4 aromatic rings. The number of rotatable bonds is 4. The molecule has 0 aliphatic carbocycles. The van der Waals surface area contributed by atoms with Gasteiger partial charge in [0.15, 0.2) is 5.11 Å². The van der Waals surface area contributed by atoms with Crippen molar-refractivity contribution >= 4 is 56.2 Å². The Labute approximate surface area is 186 Å². The first kappa shape index (κ1) is 20.6. The van der Waals surface area contributed by atoms with E-state index in [2.05, 4.69) is 15.6 Å². The quantitative estimate of drug-likeness (QED) is 0.250. The number of carbonyl (C=O) groups excluding carboxylic acids is 1. The molecule has 3 aromatic carbocycles. The summed E-state index contributed by atoms with van der Waals surface area (Å²) in [4.78, 5) is 27.9. The zero-order valence-corrected chi connectivity index (χ0v) is 17.9. The van der Waals surface area contributed by atoms with Crippen LogP contribution >= 0.6 is 23.6 Å². The monoisotopic (exact) mass is 448 g/mol. The number of thiocarbonyl (C=S) groups is 1. The predicted octanol–water partition coefficient (Wildman–Crippen LogP) is 5.31. The number of para-hydroxylation sites is 2. The predicted molar refractivity (Wildman–Crippen MR) is 127 cm³/mol. The van der Waals surface area contributed by atoms with Crippen LogP contribution in [0.25, 0.3) is 20.8 Å². The van der Waals surface area contributed by atoms with Gasteiger partial charge in [-0.25, -0.2) is 4.98 Å². The molecule has 2 N–H and O–H groups in total. The summed E-state index contributed by atoms with van der Waals surface area (Å²) < 4.78 is 1.07. The minimum absolute atomic E-state index is 0.0875. The Morgan fingerprint density at radius 2 is 1.81 bits per heavy atom. The van der Waals surface area contributed by atoms with Gasteiger partial charge >= 0.3 is 0 Å². The van der Waals surface area contributed by atoms with Crippen LogP contribution in [0.4, 0.5) is 11.4 Å². The van der Waals surface area contributed by atoms with Gasteiger partial charge < -0.3 is 5.32 Å². The molecule has 154 valence electrons. The molecular formula is C22H16N4O3S2. The van der Waals surface area contributed by atoms with Crippen molar-refractivity contribution in [3.05, 3.63) is 88.0 Å². The molecule has 0 bridgehead atoms. The highest BCUT2D eigenvalue weighted by Crippen LogP contribution is 2.34. The lowest BCUT2D eigenvalue weighted by atomic mass is 10.1. The fourth-order valence-electron chi connectivity index (χ4n) is 3.16. The lowest BCUT2D eigenvalue weighted by molar-refractivity contribution is -0.385. The van der Waals surface area contributed by atoms with Gasteiger partial charge in [0, 0.05) is 22.8 Å². The summed E-state index contributed by atoms with van der Waals surface area (Å²) in [5, 5.41) is 17.7. The van der Waals surface area contributed by atoms with E-state index in [9.17, 15) is 14.9 Å². The van der Waals surface area contributed by atoms with E-state index < -0.39 is 10.8 Å². The Bertz CT molecular complexity index is 1300. The Morgan fingerprint density at radius 1 is 1.06 bits per heavy atom. The molecule has 1 aromatic heterocycles. The van der Waals surface area contributed by atoms with Crippen molar-refractivity contribution in [1.29, 1.82) is 0 Å². The largest absolute Gasteiger partial charge is 0.332 e. The van der Waals surface area contributed by atoms with Crippen LogP contribution in [0.5, 0.6) is 0 Å². The number of nitro benzene ring substituents is 1. The SMILES string of the molecule is Cc1c(C(=O)NC(=S)Nc2ccccc2-c2nc3ccccc3s2)cccc1[N+](=O)[O-]. The van der Waals surface area contributed by atoms with Crippen molar-refractivity contribution < 1.29 is 9.72 Å². The molecule has 0 saturated heterocycles. The zero-order valence-electron chi connectivity index (χ0n) is 16.3. The fraction of sp³-hybridized carbons (Fsp3) is 0.0455. The average Bonchev–Trinajstić information content (AvgIpc) is 3.18. The van der Waals surface area contributed by atoms with Crippen LogP contribution in [0.15, 0.2) is 66.7 Å². The van der Waals surface area contributed by atoms with Crippen LogP contribution < -0.4 is 10.6 Å². The number of hydrogen-bond donors (Lipinski definition) is 2. The maximum Gasteiger partial charge on any atom is 0.273 e. The van der Waals surface area contributed by atoms with Crippen molar-refractivity contribution in [2.45, 2.75) is 6.92 Å². The highest BCUT2D eigenvalue weighted by atomic mass is 32.1. The molecule has 4 rings (SSSR count). The number of hydrogen-bond acceptors (Lipinski definition) is 6. The second kappa shape index (κ2) is 8.58. The molecule has 31 heavy (non-hydrogen) atoms. The van der Waals surface area contributed by atoms with Crippen LogP contribution in [0.3, 0.4) is 0 Å². The van der Waals surface area contributed by atoms with Gasteiger partial charge in [0.25, 0.3) is 11.6 Å². The minimum atomic E-state index is -0.517. The maximum atomic E-state index is 12.6. The van der Waals surface area contributed by atoms with Crippen LogP contribution in [-0.4, -0.2) is 20.9 Å². The Kier molecular flexibility index (Phi) is 5.70. The van der Waals surface area contributed by atoms with Crippen molar-refractivity contribution in [1.82, 2.24) is 10.3 Å². The maximum absolute atomic E-state index is 12.6. The first-order valence-corrected chi connectivity index (χ1v) is 10.5. The number of carbonyl (C=O) groups is 1. The topological polar surface area (TPSA) is 97.2 Å². The highest BCUT2D eigenvalue weighted by Gasteiger charge is 2.19. The average molecular weight is 449 g/mol. The standard InChI is InChI=1S/C22H16N4O3S2/c1-13-14(8-6-11-18(13)26(28)29)20(27)25-22(30)24-16-9-3-2-7-15(16)21-23-17-10-4-5-12-19(17)31-21/h2-12H,1H3,(H2,24,25,27,30). The first-order valence-electron chi connectivity index (χ1n) is 9.25. The second-order valence-electron chi connectivity index (χ2n) is 6.65. The second-order valence-corrected chi connectivity index (χ2v) is 8.09. The summed E-state index contributed by atoms with van der Waals surface area (Å²) in [5.74, 6) is -0.517. The molecule has 1 heterocycles. The highest BCUT2D eigenvalue weighted by molar-refractivity contribution is 7.80. The van der Waals surface area contributed by atoms with Crippen molar-refractivity contribution in [3.63, 3.8) is 0 Å². The van der Waals surface area contributed by atoms with Crippen molar-refractivity contribution in [2.24, 2.45) is 0 Å². The Morgan fingerprint density at radius 3 is 2.58 bits per heavy atom. The van der Waals surface area contributed by atoms with E-state index >= 15 is 0 Å². The molecule has 9 heteroatoms. The summed E-state index contributed by atoms with van der Waals surface area (Å²) >= 11 is 6.88. The lowest BCUT2D eigenvalue weighted by Crippen LogP contribution is -2.34. The summed E-state index contributed by atoms with van der Waals surface area (Å²) in [6.45, 7) is 1.53. The minimum Gasteiger partial charge on any atom is -0.332 e. The number of anilines is 1. The Hall–Kier alpha value is -3.69. The number of aromatic nitrogens is 1. The molecule has 1 amide bonds. The Balaban J connectivity index is 1.55. The molecule has 0 saturated carbocycles. The number of fused-ring (bicyclic) bond motifs is 1. The normalized spacial score (nSPS) is 10.6. The number of thiazole rings is 1. The lowest BCUT2D eigenvalue weighted by Gasteiger charge is -2.13. The summed E-state index contributed by atoms with van der Waals surface area (Å²) in [6, 6.07) is 19.8. The van der Waals surface area contributed by atoms with Crippen LogP contribution in [0.2, 0.25) is 0 Å². The van der Waals surface area contributed by atoms with Gasteiger partial charge in [-0.15, -0.1) is 11.3 Å². The molecule has 0 aliphatic heterocycles. The number of amides is 1. The third-order valence-corrected chi connectivity index (χ3v) is 5.95. The molecule has 0 unspecified atom stereocenters. The molecular weight excluding hydrogens is 432 g/mol. The van der Waals surface area contributed by atoms with Crippen LogP contribution in [-0.2, 0) is 0 Å². The van der Waals surface area contributed by atoms with Gasteiger partial charge in [0.1, 0.15) is 5.01 Å². The van der Waals surface area contributed by atoms with Gasteiger partial charge in [-0.1, -0.05) is 30.3 Å². The number of nitro groups is 1. The van der Waals surface area contributed by atoms with Crippen LogP contribution in [0.1, 0.15) is 15.9 Å². The van der Waals surface area contributed by atoms with Gasteiger partial charge in [-0.05, 0) is 49.5 Å². The van der Waals surface area contributed by atoms with E-state index in [0.29, 0.717) is 5.69 Å². The van der Waals surface area contributed by atoms with Gasteiger partial charge in [-0.2, -0.15) is 0 Å². The summed E-state index contributed by atoms with van der Waals surface area (Å²) in [7, 11) is 0. The molecule has 0 atom stereocenters. The van der Waals surface area contributed by atoms with E-state index in [1.165, 1.54) is 25.1 Å². The van der Waals surface area contributed by atoms with E-state index in [1.54, 1.807) is 11.3 Å². The van der Waals surface area contributed by atoms with Crippen LogP contribution in [0, 0.1) is 17.0 Å². The number of nitrogens with zero attached hydrogens (tertiary/aromatic N) is 2. The fourth-order valence-corrected chi connectivity index (χ4v) is 4.37. The van der Waals surface area contributed by atoms with Gasteiger partial charge in [0.2, 0.25) is 0 Å².